The molecule has 3 aromatic rings. The molecule has 0 fully saturated rings. The third-order valence-corrected chi connectivity index (χ3v) is 4.61. The first kappa shape index (κ1) is 15.7. The maximum Gasteiger partial charge on any atom is 0.341 e. The monoisotopic (exact) mass is 337 g/mol. The molecule has 6 heteroatoms. The van der Waals surface area contributed by atoms with Crippen molar-refractivity contribution in [3.63, 3.8) is 0 Å². The highest BCUT2D eigenvalue weighted by molar-refractivity contribution is 5.91. The topological polar surface area (TPSA) is 71.4 Å². The summed E-state index contributed by atoms with van der Waals surface area (Å²) in [5.74, 6) is 0.295. The van der Waals surface area contributed by atoms with Crippen molar-refractivity contribution >= 4 is 22.6 Å². The number of fused-ring (bicyclic) bond motifs is 1. The molecule has 4 heterocycles. The van der Waals surface area contributed by atoms with Gasteiger partial charge in [-0.15, -0.1) is 0 Å². The SMILES string of the molecule is COC(=O)c1ccoc1CN1CC=C(c2c[nH]c3ncccc23)CC1. The Bertz CT molecular complexity index is 938. The van der Waals surface area contributed by atoms with Crippen molar-refractivity contribution in [2.45, 2.75) is 13.0 Å². The Balaban J connectivity index is 1.49. The van der Waals surface area contributed by atoms with Gasteiger partial charge in [-0.25, -0.2) is 9.78 Å². The first-order chi connectivity index (χ1) is 12.3. The number of hydrogen-bond donors (Lipinski definition) is 1. The zero-order valence-electron chi connectivity index (χ0n) is 14.0. The van der Waals surface area contributed by atoms with Crippen LogP contribution in [0.1, 0.15) is 28.1 Å². The zero-order valence-corrected chi connectivity index (χ0v) is 14.0. The third kappa shape index (κ3) is 2.96. The van der Waals surface area contributed by atoms with E-state index in [9.17, 15) is 4.79 Å². The fourth-order valence-corrected chi connectivity index (χ4v) is 3.28. The fraction of sp³-hybridized carbons (Fsp3) is 0.263. The normalized spacial score (nSPS) is 15.3. The fourth-order valence-electron chi connectivity index (χ4n) is 3.28. The number of rotatable bonds is 4. The predicted molar refractivity (Wildman–Crippen MR) is 94.0 cm³/mol. The van der Waals surface area contributed by atoms with Gasteiger partial charge in [0.05, 0.1) is 19.9 Å². The van der Waals surface area contributed by atoms with Crippen molar-refractivity contribution in [1.82, 2.24) is 14.9 Å². The number of carbonyl (C=O) groups excluding carboxylic acids is 1. The average molecular weight is 337 g/mol. The molecule has 0 unspecified atom stereocenters. The van der Waals surface area contributed by atoms with Crippen molar-refractivity contribution in [3.05, 3.63) is 59.8 Å². The lowest BCUT2D eigenvalue weighted by Crippen LogP contribution is -2.28. The number of nitrogens with one attached hydrogen (secondary N) is 1. The summed E-state index contributed by atoms with van der Waals surface area (Å²) in [6.07, 6.45) is 8.53. The van der Waals surface area contributed by atoms with E-state index >= 15 is 0 Å². The highest BCUT2D eigenvalue weighted by Crippen LogP contribution is 2.29. The molecule has 1 N–H and O–H groups in total. The summed E-state index contributed by atoms with van der Waals surface area (Å²) in [7, 11) is 1.38. The molecule has 0 saturated heterocycles. The van der Waals surface area contributed by atoms with Gasteiger partial charge in [0.2, 0.25) is 0 Å². The summed E-state index contributed by atoms with van der Waals surface area (Å²) in [5, 5.41) is 1.15. The molecule has 0 bridgehead atoms. The quantitative estimate of drug-likeness (QED) is 0.740. The van der Waals surface area contributed by atoms with Crippen LogP contribution in [0.2, 0.25) is 0 Å². The van der Waals surface area contributed by atoms with Crippen LogP contribution < -0.4 is 0 Å². The maximum absolute atomic E-state index is 11.7. The minimum absolute atomic E-state index is 0.358. The number of nitrogens with zero attached hydrogens (tertiary/aromatic N) is 2. The molecule has 0 aliphatic carbocycles. The summed E-state index contributed by atoms with van der Waals surface area (Å²) in [4.78, 5) is 21.6. The molecule has 6 nitrogen and oxygen atoms in total. The number of aromatic nitrogens is 2. The van der Waals surface area contributed by atoms with Crippen LogP contribution in [0, 0.1) is 0 Å². The summed E-state index contributed by atoms with van der Waals surface area (Å²) in [6.45, 7) is 2.31. The minimum Gasteiger partial charge on any atom is -0.467 e. The number of hydrogen-bond acceptors (Lipinski definition) is 5. The Hall–Kier alpha value is -2.86. The molecular formula is C19H19N3O3. The van der Waals surface area contributed by atoms with Crippen molar-refractivity contribution in [3.8, 4) is 0 Å². The van der Waals surface area contributed by atoms with E-state index in [0.29, 0.717) is 17.9 Å². The summed E-state index contributed by atoms with van der Waals surface area (Å²) >= 11 is 0. The predicted octanol–water partition coefficient (Wildman–Crippen LogP) is 3.23. The Morgan fingerprint density at radius 1 is 1.44 bits per heavy atom. The van der Waals surface area contributed by atoms with Crippen molar-refractivity contribution < 1.29 is 13.9 Å². The van der Waals surface area contributed by atoms with Crippen LogP contribution in [-0.2, 0) is 11.3 Å². The second kappa shape index (κ2) is 6.57. The largest absolute Gasteiger partial charge is 0.467 e. The van der Waals surface area contributed by atoms with Gasteiger partial charge in [-0.1, -0.05) is 6.08 Å². The third-order valence-electron chi connectivity index (χ3n) is 4.61. The van der Waals surface area contributed by atoms with Gasteiger partial charge in [0.15, 0.2) is 0 Å². The lowest BCUT2D eigenvalue weighted by Gasteiger charge is -2.25. The van der Waals surface area contributed by atoms with Gasteiger partial charge in [0.25, 0.3) is 0 Å². The first-order valence-electron chi connectivity index (χ1n) is 8.25. The van der Waals surface area contributed by atoms with Crippen LogP contribution in [0.15, 0.2) is 47.3 Å². The molecule has 0 spiro atoms. The molecule has 0 radical (unpaired) electrons. The zero-order chi connectivity index (χ0) is 17.2. The Labute approximate surface area is 145 Å². The number of ether oxygens (including phenoxy) is 1. The van der Waals surface area contributed by atoms with Gasteiger partial charge in [0.1, 0.15) is 17.0 Å². The summed E-state index contributed by atoms with van der Waals surface area (Å²) in [5.41, 5.74) is 3.96. The smallest absolute Gasteiger partial charge is 0.341 e. The van der Waals surface area contributed by atoms with E-state index in [1.54, 1.807) is 12.3 Å². The first-order valence-corrected chi connectivity index (χ1v) is 8.25. The van der Waals surface area contributed by atoms with Crippen LogP contribution in [0.4, 0.5) is 0 Å². The van der Waals surface area contributed by atoms with Crippen LogP contribution in [0.25, 0.3) is 16.6 Å². The van der Waals surface area contributed by atoms with Crippen molar-refractivity contribution in [1.29, 1.82) is 0 Å². The second-order valence-corrected chi connectivity index (χ2v) is 6.07. The van der Waals surface area contributed by atoms with Gasteiger partial charge >= 0.3 is 5.97 Å². The van der Waals surface area contributed by atoms with Crippen LogP contribution in [-0.4, -0.2) is 41.0 Å². The number of methoxy groups -OCH3 is 1. The molecule has 0 atom stereocenters. The van der Waals surface area contributed by atoms with Crippen LogP contribution >= 0.6 is 0 Å². The van der Waals surface area contributed by atoms with Gasteiger partial charge in [-0.2, -0.15) is 0 Å². The highest BCUT2D eigenvalue weighted by atomic mass is 16.5. The molecule has 0 aromatic carbocycles. The maximum atomic E-state index is 11.7. The van der Waals surface area contributed by atoms with Gasteiger partial charge in [-0.05, 0) is 30.2 Å². The number of carbonyl (C=O) groups is 1. The number of pyridine rings is 1. The lowest BCUT2D eigenvalue weighted by molar-refractivity contribution is 0.0596. The number of aromatic amines is 1. The van der Waals surface area contributed by atoms with Gasteiger partial charge in [-0.3, -0.25) is 4.90 Å². The van der Waals surface area contributed by atoms with E-state index in [1.807, 2.05) is 12.3 Å². The summed E-state index contributed by atoms with van der Waals surface area (Å²) < 4.78 is 10.3. The Morgan fingerprint density at radius 3 is 3.16 bits per heavy atom. The highest BCUT2D eigenvalue weighted by Gasteiger charge is 2.20. The van der Waals surface area contributed by atoms with Crippen LogP contribution in [0.5, 0.6) is 0 Å². The molecule has 128 valence electrons. The summed E-state index contributed by atoms with van der Waals surface area (Å²) in [6, 6.07) is 5.71. The van der Waals surface area contributed by atoms with Crippen LogP contribution in [0.3, 0.4) is 0 Å². The number of H-pyrrole nitrogens is 1. The molecule has 1 aliphatic rings. The minimum atomic E-state index is -0.358. The van der Waals surface area contributed by atoms with E-state index < -0.39 is 0 Å². The number of furan rings is 1. The van der Waals surface area contributed by atoms with E-state index in [-0.39, 0.29) is 5.97 Å². The molecule has 1 aliphatic heterocycles. The van der Waals surface area contributed by atoms with E-state index in [2.05, 4.69) is 27.0 Å². The van der Waals surface area contributed by atoms with Crippen molar-refractivity contribution in [2.75, 3.05) is 20.2 Å². The molecular weight excluding hydrogens is 318 g/mol. The van der Waals surface area contributed by atoms with Crippen molar-refractivity contribution in [2.24, 2.45) is 0 Å². The molecule has 4 rings (SSSR count). The molecule has 3 aromatic heterocycles. The van der Waals surface area contributed by atoms with Gasteiger partial charge in [0, 0.05) is 36.4 Å². The lowest BCUT2D eigenvalue weighted by atomic mass is 9.99. The van der Waals surface area contributed by atoms with E-state index in [1.165, 1.54) is 24.5 Å². The van der Waals surface area contributed by atoms with Gasteiger partial charge < -0.3 is 14.1 Å². The molecule has 0 amide bonds. The Kier molecular flexibility index (Phi) is 4.11. The Morgan fingerprint density at radius 2 is 2.36 bits per heavy atom. The van der Waals surface area contributed by atoms with E-state index in [4.69, 9.17) is 9.15 Å². The number of esters is 1. The van der Waals surface area contributed by atoms with E-state index in [0.717, 1.165) is 30.5 Å². The second-order valence-electron chi connectivity index (χ2n) is 6.07. The average Bonchev–Trinajstić information content (AvgIpc) is 3.29. The molecule has 25 heavy (non-hydrogen) atoms. The standard InChI is InChI=1S/C19H19N3O3/c1-24-19(23)15-6-10-25-17(15)12-22-8-4-13(5-9-22)16-11-21-18-14(16)3-2-7-20-18/h2-4,6-7,10-11H,5,8-9,12H2,1H3,(H,20,21). The molecule has 0 saturated carbocycles.